The highest BCUT2D eigenvalue weighted by Gasteiger charge is 2.40. The normalized spacial score (nSPS) is 25.3. The molecule has 1 aliphatic rings. The molecule has 112 valence electrons. The van der Waals surface area contributed by atoms with Gasteiger partial charge in [-0.2, -0.15) is 0 Å². The van der Waals surface area contributed by atoms with Gasteiger partial charge in [0.15, 0.2) is 5.79 Å². The first kappa shape index (κ1) is 14.3. The topological polar surface area (TPSA) is 36.3 Å². The molecule has 21 heavy (non-hydrogen) atoms. The van der Waals surface area contributed by atoms with Crippen LogP contribution in [0.15, 0.2) is 49.1 Å². The van der Waals surface area contributed by atoms with Gasteiger partial charge in [-0.05, 0) is 19.8 Å². The molecule has 1 fully saturated rings. The van der Waals surface area contributed by atoms with Gasteiger partial charge in [0.25, 0.3) is 0 Å². The van der Waals surface area contributed by atoms with Crippen molar-refractivity contribution < 1.29 is 9.47 Å². The number of aryl methyl sites for hydroxylation is 1. The Bertz CT molecular complexity index is 541. The van der Waals surface area contributed by atoms with Crippen LogP contribution in [0.1, 0.15) is 31.7 Å². The van der Waals surface area contributed by atoms with E-state index in [1.165, 1.54) is 0 Å². The van der Waals surface area contributed by atoms with Crippen molar-refractivity contribution in [2.75, 3.05) is 6.61 Å². The third-order valence-corrected chi connectivity index (χ3v) is 3.89. The smallest absolute Gasteiger partial charge is 0.195 e. The standard InChI is InChI=1S/C17H22N2O2/c1-15-13-20-17(21-15,16-7-3-2-4-8-16)9-5-6-11-19-12-10-18-14-19/h2-4,7-8,10,12,14-15H,5-6,9,11,13H2,1H3. The Kier molecular flexibility index (Phi) is 4.36. The Balaban J connectivity index is 1.61. The largest absolute Gasteiger partial charge is 0.343 e. The number of unbranched alkanes of at least 4 members (excludes halogenated alkanes) is 1. The molecule has 1 aromatic carbocycles. The van der Waals surface area contributed by atoms with Gasteiger partial charge >= 0.3 is 0 Å². The molecule has 0 saturated carbocycles. The quantitative estimate of drug-likeness (QED) is 0.764. The summed E-state index contributed by atoms with van der Waals surface area (Å²) >= 11 is 0. The number of nitrogens with zero attached hydrogens (tertiary/aromatic N) is 2. The predicted molar refractivity (Wildman–Crippen MR) is 80.7 cm³/mol. The van der Waals surface area contributed by atoms with Gasteiger partial charge in [-0.15, -0.1) is 0 Å². The van der Waals surface area contributed by atoms with Crippen LogP contribution in [-0.4, -0.2) is 22.3 Å². The van der Waals surface area contributed by atoms with Gasteiger partial charge in [0, 0.05) is 30.9 Å². The van der Waals surface area contributed by atoms with Crippen LogP contribution in [0.3, 0.4) is 0 Å². The lowest BCUT2D eigenvalue weighted by Gasteiger charge is -2.28. The maximum atomic E-state index is 6.13. The van der Waals surface area contributed by atoms with Crippen LogP contribution >= 0.6 is 0 Å². The summed E-state index contributed by atoms with van der Waals surface area (Å²) in [5, 5.41) is 0. The molecule has 0 amide bonds. The third-order valence-electron chi connectivity index (χ3n) is 3.89. The van der Waals surface area contributed by atoms with E-state index >= 15 is 0 Å². The summed E-state index contributed by atoms with van der Waals surface area (Å²) in [6.45, 7) is 3.72. The molecule has 4 heteroatoms. The predicted octanol–water partition coefficient (Wildman–Crippen LogP) is 3.34. The van der Waals surface area contributed by atoms with E-state index in [0.29, 0.717) is 6.61 Å². The average molecular weight is 286 g/mol. The molecule has 3 rings (SSSR count). The van der Waals surface area contributed by atoms with E-state index in [0.717, 1.165) is 31.4 Å². The Morgan fingerprint density at radius 1 is 1.29 bits per heavy atom. The van der Waals surface area contributed by atoms with Crippen molar-refractivity contribution in [2.24, 2.45) is 0 Å². The fourth-order valence-corrected chi connectivity index (χ4v) is 2.83. The molecule has 0 bridgehead atoms. The van der Waals surface area contributed by atoms with Crippen molar-refractivity contribution in [1.29, 1.82) is 0 Å². The molecular formula is C17H22N2O2. The second-order valence-corrected chi connectivity index (χ2v) is 5.62. The van der Waals surface area contributed by atoms with Crippen LogP contribution in [0, 0.1) is 0 Å². The van der Waals surface area contributed by atoms with E-state index in [1.54, 1.807) is 0 Å². The summed E-state index contributed by atoms with van der Waals surface area (Å²) in [6, 6.07) is 10.3. The van der Waals surface area contributed by atoms with E-state index in [1.807, 2.05) is 36.9 Å². The monoisotopic (exact) mass is 286 g/mol. The highest BCUT2D eigenvalue weighted by Crippen LogP contribution is 2.38. The van der Waals surface area contributed by atoms with Gasteiger partial charge in [0.2, 0.25) is 0 Å². The molecule has 0 aliphatic carbocycles. The van der Waals surface area contributed by atoms with Crippen LogP contribution < -0.4 is 0 Å². The van der Waals surface area contributed by atoms with Gasteiger partial charge in [-0.1, -0.05) is 30.3 Å². The van der Waals surface area contributed by atoms with Gasteiger partial charge < -0.3 is 14.0 Å². The van der Waals surface area contributed by atoms with E-state index in [-0.39, 0.29) is 6.10 Å². The van der Waals surface area contributed by atoms with Crippen LogP contribution in [0.25, 0.3) is 0 Å². The first-order chi connectivity index (χ1) is 10.3. The van der Waals surface area contributed by atoms with Crippen LogP contribution in [-0.2, 0) is 21.8 Å². The average Bonchev–Trinajstić information content (AvgIpc) is 3.15. The lowest BCUT2D eigenvalue weighted by atomic mass is 9.99. The van der Waals surface area contributed by atoms with Crippen molar-refractivity contribution in [2.45, 2.75) is 44.6 Å². The van der Waals surface area contributed by atoms with E-state index in [4.69, 9.17) is 9.47 Å². The SMILES string of the molecule is CC1COC(CCCCn2ccnc2)(c2ccccc2)O1. The zero-order valence-corrected chi connectivity index (χ0v) is 12.4. The molecule has 1 aromatic heterocycles. The Hall–Kier alpha value is -1.65. The lowest BCUT2D eigenvalue weighted by Crippen LogP contribution is -2.28. The van der Waals surface area contributed by atoms with Gasteiger partial charge in [0.1, 0.15) is 0 Å². The fraction of sp³-hybridized carbons (Fsp3) is 0.471. The van der Waals surface area contributed by atoms with Gasteiger partial charge in [-0.25, -0.2) is 4.98 Å². The van der Waals surface area contributed by atoms with Crippen LogP contribution in [0.4, 0.5) is 0 Å². The zero-order valence-electron chi connectivity index (χ0n) is 12.4. The molecule has 2 aromatic rings. The summed E-state index contributed by atoms with van der Waals surface area (Å²) in [4.78, 5) is 4.06. The number of benzene rings is 1. The summed E-state index contributed by atoms with van der Waals surface area (Å²) in [6.07, 6.45) is 8.85. The minimum absolute atomic E-state index is 0.152. The maximum absolute atomic E-state index is 6.13. The summed E-state index contributed by atoms with van der Waals surface area (Å²) in [5.74, 6) is -0.560. The van der Waals surface area contributed by atoms with Crippen LogP contribution in [0.5, 0.6) is 0 Å². The molecule has 0 N–H and O–H groups in total. The molecule has 1 saturated heterocycles. The molecule has 2 unspecified atom stereocenters. The highest BCUT2D eigenvalue weighted by molar-refractivity contribution is 5.21. The van der Waals surface area contributed by atoms with Crippen molar-refractivity contribution in [3.63, 3.8) is 0 Å². The first-order valence-corrected chi connectivity index (χ1v) is 7.61. The number of ether oxygens (including phenoxy) is 2. The van der Waals surface area contributed by atoms with Crippen LogP contribution in [0.2, 0.25) is 0 Å². The Labute approximate surface area is 125 Å². The number of imidazole rings is 1. The second-order valence-electron chi connectivity index (χ2n) is 5.62. The first-order valence-electron chi connectivity index (χ1n) is 7.61. The van der Waals surface area contributed by atoms with E-state index in [2.05, 4.69) is 28.6 Å². The lowest BCUT2D eigenvalue weighted by molar-refractivity contribution is -0.181. The summed E-state index contributed by atoms with van der Waals surface area (Å²) in [7, 11) is 0. The number of hydrogen-bond donors (Lipinski definition) is 0. The summed E-state index contributed by atoms with van der Waals surface area (Å²) < 4.78 is 14.3. The number of hydrogen-bond acceptors (Lipinski definition) is 3. The second kappa shape index (κ2) is 6.41. The van der Waals surface area contributed by atoms with Crippen molar-refractivity contribution in [3.8, 4) is 0 Å². The Morgan fingerprint density at radius 2 is 2.14 bits per heavy atom. The molecular weight excluding hydrogens is 264 g/mol. The molecule has 2 atom stereocenters. The van der Waals surface area contributed by atoms with Gasteiger partial charge in [-0.3, -0.25) is 0 Å². The van der Waals surface area contributed by atoms with E-state index in [9.17, 15) is 0 Å². The molecule has 0 radical (unpaired) electrons. The Morgan fingerprint density at radius 3 is 2.81 bits per heavy atom. The van der Waals surface area contributed by atoms with Gasteiger partial charge in [0.05, 0.1) is 19.0 Å². The third kappa shape index (κ3) is 3.34. The number of aromatic nitrogens is 2. The molecule has 1 aliphatic heterocycles. The summed E-state index contributed by atoms with van der Waals surface area (Å²) in [5.41, 5.74) is 1.12. The minimum Gasteiger partial charge on any atom is -0.343 e. The minimum atomic E-state index is -0.560. The highest BCUT2D eigenvalue weighted by atomic mass is 16.7. The molecule has 0 spiro atoms. The zero-order chi connectivity index (χ0) is 14.5. The van der Waals surface area contributed by atoms with E-state index < -0.39 is 5.79 Å². The molecule has 2 heterocycles. The van der Waals surface area contributed by atoms with Crippen molar-refractivity contribution >= 4 is 0 Å². The fourth-order valence-electron chi connectivity index (χ4n) is 2.83. The number of rotatable bonds is 6. The maximum Gasteiger partial charge on any atom is 0.195 e. The van der Waals surface area contributed by atoms with Crippen molar-refractivity contribution in [1.82, 2.24) is 9.55 Å². The molecule has 4 nitrogen and oxygen atoms in total. The van der Waals surface area contributed by atoms with Crippen molar-refractivity contribution in [3.05, 3.63) is 54.6 Å².